The maximum absolute atomic E-state index is 12.7. The van der Waals surface area contributed by atoms with E-state index in [9.17, 15) is 14.4 Å². The Balaban J connectivity index is 1.37. The van der Waals surface area contributed by atoms with E-state index < -0.39 is 17.8 Å². The third kappa shape index (κ3) is 4.00. The van der Waals surface area contributed by atoms with Crippen LogP contribution in [0, 0.1) is 6.92 Å². The summed E-state index contributed by atoms with van der Waals surface area (Å²) >= 11 is 0. The molecule has 0 N–H and O–H groups in total. The number of fused-ring (bicyclic) bond motifs is 1. The third-order valence-corrected chi connectivity index (χ3v) is 4.86. The largest absolute Gasteiger partial charge is 0.467 e. The number of rotatable bonds is 7. The van der Waals surface area contributed by atoms with E-state index in [-0.39, 0.29) is 29.8 Å². The van der Waals surface area contributed by atoms with Crippen molar-refractivity contribution in [3.8, 4) is 0 Å². The molecule has 0 fully saturated rings. The molecule has 2 aromatic heterocycles. The number of imide groups is 1. The Bertz CT molecular complexity index is 1100. The van der Waals surface area contributed by atoms with E-state index in [0.717, 1.165) is 16.3 Å². The predicted molar refractivity (Wildman–Crippen MR) is 107 cm³/mol. The van der Waals surface area contributed by atoms with Gasteiger partial charge in [-0.25, -0.2) is 4.79 Å². The van der Waals surface area contributed by atoms with Gasteiger partial charge < -0.3 is 9.15 Å². The SMILES string of the molecule is Cc1cccc(CCCOC(=O)c2ccc3c(c2)C(=O)N(Cc2ccco2)C3=O)n1. The molecule has 0 saturated heterocycles. The van der Waals surface area contributed by atoms with Gasteiger partial charge in [0.1, 0.15) is 5.76 Å². The zero-order valence-electron chi connectivity index (χ0n) is 16.5. The molecule has 152 valence electrons. The van der Waals surface area contributed by atoms with Gasteiger partial charge in [-0.15, -0.1) is 0 Å². The number of furan rings is 1. The molecule has 4 rings (SSSR count). The number of carbonyl (C=O) groups excluding carboxylic acids is 3. The summed E-state index contributed by atoms with van der Waals surface area (Å²) in [5.74, 6) is -0.879. The highest BCUT2D eigenvalue weighted by Crippen LogP contribution is 2.26. The van der Waals surface area contributed by atoms with Crippen LogP contribution in [0.1, 0.15) is 54.6 Å². The zero-order chi connectivity index (χ0) is 21.1. The molecule has 1 aromatic carbocycles. The molecule has 3 heterocycles. The molecule has 2 amide bonds. The minimum absolute atomic E-state index is 0.0477. The summed E-state index contributed by atoms with van der Waals surface area (Å²) in [6, 6.07) is 13.6. The molecule has 0 aliphatic carbocycles. The lowest BCUT2D eigenvalue weighted by molar-refractivity contribution is 0.0500. The molecule has 0 unspecified atom stereocenters. The van der Waals surface area contributed by atoms with Crippen molar-refractivity contribution in [3.05, 3.63) is 88.6 Å². The second kappa shape index (κ2) is 8.32. The Morgan fingerprint density at radius 3 is 2.67 bits per heavy atom. The van der Waals surface area contributed by atoms with Crippen molar-refractivity contribution in [2.75, 3.05) is 6.61 Å². The summed E-state index contributed by atoms with van der Waals surface area (Å²) in [6.45, 7) is 2.22. The Kier molecular flexibility index (Phi) is 5.43. The molecule has 3 aromatic rings. The molecule has 7 heteroatoms. The smallest absolute Gasteiger partial charge is 0.338 e. The van der Waals surface area contributed by atoms with E-state index in [0.29, 0.717) is 18.6 Å². The average Bonchev–Trinajstić information content (AvgIpc) is 3.34. The predicted octanol–water partition coefficient (Wildman–Crippen LogP) is 3.57. The zero-order valence-corrected chi connectivity index (χ0v) is 16.5. The van der Waals surface area contributed by atoms with Gasteiger partial charge in [0.2, 0.25) is 0 Å². The van der Waals surface area contributed by atoms with Crippen LogP contribution in [0.5, 0.6) is 0 Å². The number of ether oxygens (including phenoxy) is 1. The highest BCUT2D eigenvalue weighted by molar-refractivity contribution is 6.21. The molecule has 0 atom stereocenters. The van der Waals surface area contributed by atoms with Crippen LogP contribution in [-0.4, -0.2) is 34.3 Å². The molecule has 0 spiro atoms. The van der Waals surface area contributed by atoms with Crippen molar-refractivity contribution in [1.29, 1.82) is 0 Å². The fraction of sp³-hybridized carbons (Fsp3) is 0.217. The van der Waals surface area contributed by atoms with Crippen molar-refractivity contribution in [2.45, 2.75) is 26.3 Å². The van der Waals surface area contributed by atoms with Crippen LogP contribution >= 0.6 is 0 Å². The second-order valence-corrected chi connectivity index (χ2v) is 7.05. The van der Waals surface area contributed by atoms with Crippen LogP contribution in [-0.2, 0) is 17.7 Å². The maximum atomic E-state index is 12.7. The number of esters is 1. The summed E-state index contributed by atoms with van der Waals surface area (Å²) in [7, 11) is 0. The maximum Gasteiger partial charge on any atom is 0.338 e. The first-order chi connectivity index (χ1) is 14.5. The van der Waals surface area contributed by atoms with E-state index in [4.69, 9.17) is 9.15 Å². The number of aromatic nitrogens is 1. The first-order valence-electron chi connectivity index (χ1n) is 9.65. The van der Waals surface area contributed by atoms with Gasteiger partial charge in [-0.05, 0) is 62.2 Å². The van der Waals surface area contributed by atoms with Gasteiger partial charge in [-0.2, -0.15) is 0 Å². The first kappa shape index (κ1) is 19.6. The van der Waals surface area contributed by atoms with Gasteiger partial charge in [0, 0.05) is 11.4 Å². The van der Waals surface area contributed by atoms with E-state index in [1.54, 1.807) is 12.1 Å². The van der Waals surface area contributed by atoms with Crippen LogP contribution in [0.3, 0.4) is 0 Å². The van der Waals surface area contributed by atoms with Gasteiger partial charge in [-0.3, -0.25) is 19.5 Å². The van der Waals surface area contributed by atoms with Gasteiger partial charge in [-0.1, -0.05) is 6.07 Å². The highest BCUT2D eigenvalue weighted by atomic mass is 16.5. The Morgan fingerprint density at radius 1 is 1.07 bits per heavy atom. The number of benzene rings is 1. The number of carbonyl (C=O) groups is 3. The van der Waals surface area contributed by atoms with Crippen LogP contribution in [0.15, 0.2) is 59.2 Å². The second-order valence-electron chi connectivity index (χ2n) is 7.05. The first-order valence-corrected chi connectivity index (χ1v) is 9.65. The number of aryl methyl sites for hydroxylation is 2. The molecule has 1 aliphatic heterocycles. The number of nitrogens with zero attached hydrogens (tertiary/aromatic N) is 2. The quantitative estimate of drug-likeness (QED) is 0.340. The lowest BCUT2D eigenvalue weighted by Gasteiger charge is -2.11. The molecular weight excluding hydrogens is 384 g/mol. The topological polar surface area (TPSA) is 89.7 Å². The van der Waals surface area contributed by atoms with Crippen molar-refractivity contribution in [3.63, 3.8) is 0 Å². The van der Waals surface area contributed by atoms with Crippen LogP contribution in [0.2, 0.25) is 0 Å². The number of hydrogen-bond acceptors (Lipinski definition) is 6. The summed E-state index contributed by atoms with van der Waals surface area (Å²) in [4.78, 5) is 43.1. The summed E-state index contributed by atoms with van der Waals surface area (Å²) < 4.78 is 10.5. The molecule has 0 saturated carbocycles. The monoisotopic (exact) mass is 404 g/mol. The number of hydrogen-bond donors (Lipinski definition) is 0. The Hall–Kier alpha value is -3.74. The van der Waals surface area contributed by atoms with Crippen LogP contribution in [0.4, 0.5) is 0 Å². The van der Waals surface area contributed by atoms with E-state index in [2.05, 4.69) is 4.98 Å². The molecular formula is C23H20N2O5. The summed E-state index contributed by atoms with van der Waals surface area (Å²) in [5.41, 5.74) is 2.61. The van der Waals surface area contributed by atoms with E-state index in [1.165, 1.54) is 24.5 Å². The third-order valence-electron chi connectivity index (χ3n) is 4.86. The number of pyridine rings is 1. The lowest BCUT2D eigenvalue weighted by Crippen LogP contribution is -2.28. The Labute approximate surface area is 173 Å². The Morgan fingerprint density at radius 2 is 1.90 bits per heavy atom. The highest BCUT2D eigenvalue weighted by Gasteiger charge is 2.36. The lowest BCUT2D eigenvalue weighted by atomic mass is 10.1. The van der Waals surface area contributed by atoms with E-state index >= 15 is 0 Å². The summed E-state index contributed by atoms with van der Waals surface area (Å²) in [6.07, 6.45) is 2.83. The number of amides is 2. The molecule has 7 nitrogen and oxygen atoms in total. The molecule has 1 aliphatic rings. The normalized spacial score (nSPS) is 12.9. The fourth-order valence-corrected chi connectivity index (χ4v) is 3.36. The van der Waals surface area contributed by atoms with Gasteiger partial charge in [0.15, 0.2) is 0 Å². The minimum Gasteiger partial charge on any atom is -0.467 e. The van der Waals surface area contributed by atoms with Crippen molar-refractivity contribution in [1.82, 2.24) is 9.88 Å². The van der Waals surface area contributed by atoms with Crippen molar-refractivity contribution < 1.29 is 23.5 Å². The minimum atomic E-state index is -0.528. The molecule has 0 bridgehead atoms. The van der Waals surface area contributed by atoms with Crippen LogP contribution < -0.4 is 0 Å². The fourth-order valence-electron chi connectivity index (χ4n) is 3.36. The van der Waals surface area contributed by atoms with E-state index in [1.807, 2.05) is 25.1 Å². The van der Waals surface area contributed by atoms with Gasteiger partial charge in [0.25, 0.3) is 11.8 Å². The summed E-state index contributed by atoms with van der Waals surface area (Å²) in [5, 5.41) is 0. The standard InChI is InChI=1S/C23H20N2O5/c1-15-5-2-6-17(24-15)7-3-12-30-23(28)16-9-10-19-20(13-16)22(27)25(21(19)26)14-18-8-4-11-29-18/h2,4-6,8-11,13H,3,7,12,14H2,1H3. The van der Waals surface area contributed by atoms with Gasteiger partial charge in [0.05, 0.1) is 36.1 Å². The van der Waals surface area contributed by atoms with Crippen molar-refractivity contribution >= 4 is 17.8 Å². The van der Waals surface area contributed by atoms with Crippen LogP contribution in [0.25, 0.3) is 0 Å². The van der Waals surface area contributed by atoms with Gasteiger partial charge >= 0.3 is 5.97 Å². The molecule has 30 heavy (non-hydrogen) atoms. The molecule has 0 radical (unpaired) electrons. The van der Waals surface area contributed by atoms with Crippen molar-refractivity contribution in [2.24, 2.45) is 0 Å². The average molecular weight is 404 g/mol.